The Hall–Kier alpha value is -2.56. The number of hydrogen-bond acceptors (Lipinski definition) is 2. The molecule has 0 amide bonds. The van der Waals surface area contributed by atoms with Crippen molar-refractivity contribution in [2.24, 2.45) is 7.05 Å². The van der Waals surface area contributed by atoms with E-state index in [0.29, 0.717) is 6.54 Å². The standard InChI is InChI=1S/C14H14N2O3/c1-15-8-9-16(14(15)19)10-12-4-2-11(3-5-12)6-7-13(17)18/h2-9H,10H2,1H3,(H,17,18)/b7-6+. The van der Waals surface area contributed by atoms with Gasteiger partial charge in [0.2, 0.25) is 0 Å². The first kappa shape index (κ1) is 12.9. The Morgan fingerprint density at radius 3 is 2.47 bits per heavy atom. The molecule has 0 aliphatic heterocycles. The van der Waals surface area contributed by atoms with E-state index in [4.69, 9.17) is 5.11 Å². The van der Waals surface area contributed by atoms with Gasteiger partial charge in [-0.2, -0.15) is 0 Å². The van der Waals surface area contributed by atoms with Crippen LogP contribution in [-0.2, 0) is 18.4 Å². The highest BCUT2D eigenvalue weighted by atomic mass is 16.4. The van der Waals surface area contributed by atoms with Gasteiger partial charge in [-0.15, -0.1) is 0 Å². The van der Waals surface area contributed by atoms with Crippen molar-refractivity contribution in [3.05, 3.63) is 64.3 Å². The average Bonchev–Trinajstić information content (AvgIpc) is 2.70. The molecule has 0 fully saturated rings. The van der Waals surface area contributed by atoms with Crippen molar-refractivity contribution >= 4 is 12.0 Å². The number of carboxylic acid groups (broad SMARTS) is 1. The summed E-state index contributed by atoms with van der Waals surface area (Å²) >= 11 is 0. The maximum Gasteiger partial charge on any atom is 0.328 e. The van der Waals surface area contributed by atoms with Crippen LogP contribution in [0, 0.1) is 0 Å². The third-order valence-corrected chi connectivity index (χ3v) is 2.77. The molecule has 0 bridgehead atoms. The Bertz CT molecular complexity index is 663. The van der Waals surface area contributed by atoms with Gasteiger partial charge in [-0.3, -0.25) is 4.57 Å². The van der Waals surface area contributed by atoms with E-state index >= 15 is 0 Å². The second-order valence-corrected chi connectivity index (χ2v) is 4.23. The average molecular weight is 258 g/mol. The Morgan fingerprint density at radius 2 is 1.95 bits per heavy atom. The summed E-state index contributed by atoms with van der Waals surface area (Å²) in [4.78, 5) is 22.1. The van der Waals surface area contributed by atoms with E-state index in [1.165, 1.54) is 10.6 Å². The number of aliphatic carboxylic acids is 1. The molecule has 5 heteroatoms. The van der Waals surface area contributed by atoms with Crippen LogP contribution >= 0.6 is 0 Å². The van der Waals surface area contributed by atoms with Crippen LogP contribution in [0.25, 0.3) is 6.08 Å². The molecule has 1 heterocycles. The van der Waals surface area contributed by atoms with Crippen LogP contribution in [-0.4, -0.2) is 20.2 Å². The zero-order valence-corrected chi connectivity index (χ0v) is 10.5. The first-order chi connectivity index (χ1) is 9.06. The fourth-order valence-corrected chi connectivity index (χ4v) is 1.73. The number of imidazole rings is 1. The van der Waals surface area contributed by atoms with Gasteiger partial charge in [0.1, 0.15) is 0 Å². The predicted molar refractivity (Wildman–Crippen MR) is 71.9 cm³/mol. The number of nitrogens with zero attached hydrogens (tertiary/aromatic N) is 2. The second kappa shape index (κ2) is 5.39. The van der Waals surface area contributed by atoms with Gasteiger partial charge in [0.25, 0.3) is 0 Å². The van der Waals surface area contributed by atoms with Crippen LogP contribution in [0.15, 0.2) is 47.5 Å². The van der Waals surface area contributed by atoms with Crippen molar-refractivity contribution in [3.63, 3.8) is 0 Å². The highest BCUT2D eigenvalue weighted by molar-refractivity contribution is 5.85. The van der Waals surface area contributed by atoms with Gasteiger partial charge in [0, 0.05) is 25.5 Å². The van der Waals surface area contributed by atoms with Crippen molar-refractivity contribution in [2.45, 2.75) is 6.54 Å². The molecule has 19 heavy (non-hydrogen) atoms. The van der Waals surface area contributed by atoms with E-state index in [1.54, 1.807) is 24.0 Å². The number of rotatable bonds is 4. The Labute approximate surface area is 110 Å². The van der Waals surface area contributed by atoms with E-state index in [2.05, 4.69) is 0 Å². The van der Waals surface area contributed by atoms with Gasteiger partial charge >= 0.3 is 11.7 Å². The molecule has 0 radical (unpaired) electrons. The van der Waals surface area contributed by atoms with Gasteiger partial charge in [0.05, 0.1) is 6.54 Å². The lowest BCUT2D eigenvalue weighted by Gasteiger charge is -2.02. The Morgan fingerprint density at radius 1 is 1.26 bits per heavy atom. The Kier molecular flexibility index (Phi) is 3.66. The molecule has 1 N–H and O–H groups in total. The topological polar surface area (TPSA) is 64.2 Å². The summed E-state index contributed by atoms with van der Waals surface area (Å²) in [6.45, 7) is 0.503. The molecule has 0 atom stereocenters. The lowest BCUT2D eigenvalue weighted by molar-refractivity contribution is -0.131. The number of aryl methyl sites for hydroxylation is 1. The minimum atomic E-state index is -0.972. The fourth-order valence-electron chi connectivity index (χ4n) is 1.73. The van der Waals surface area contributed by atoms with Gasteiger partial charge in [-0.25, -0.2) is 9.59 Å². The fraction of sp³-hybridized carbons (Fsp3) is 0.143. The smallest absolute Gasteiger partial charge is 0.328 e. The van der Waals surface area contributed by atoms with Crippen LogP contribution in [0.1, 0.15) is 11.1 Å². The summed E-state index contributed by atoms with van der Waals surface area (Å²) < 4.78 is 3.13. The third-order valence-electron chi connectivity index (χ3n) is 2.77. The number of carboxylic acids is 1. The summed E-state index contributed by atoms with van der Waals surface area (Å²) in [5.74, 6) is -0.972. The summed E-state index contributed by atoms with van der Waals surface area (Å²) in [6.07, 6.45) is 6.07. The molecule has 0 aliphatic carbocycles. The molecule has 98 valence electrons. The lowest BCUT2D eigenvalue weighted by Crippen LogP contribution is -2.22. The molecule has 1 aromatic heterocycles. The summed E-state index contributed by atoms with van der Waals surface area (Å²) in [5.41, 5.74) is 1.74. The molecular weight excluding hydrogens is 244 g/mol. The van der Waals surface area contributed by atoms with Crippen LogP contribution < -0.4 is 5.69 Å². The number of carbonyl (C=O) groups is 1. The monoisotopic (exact) mass is 258 g/mol. The number of aromatic nitrogens is 2. The number of benzene rings is 1. The second-order valence-electron chi connectivity index (χ2n) is 4.23. The van der Waals surface area contributed by atoms with E-state index in [-0.39, 0.29) is 5.69 Å². The zero-order valence-electron chi connectivity index (χ0n) is 10.5. The maximum absolute atomic E-state index is 11.7. The van der Waals surface area contributed by atoms with Crippen molar-refractivity contribution in [3.8, 4) is 0 Å². The lowest BCUT2D eigenvalue weighted by atomic mass is 10.1. The highest BCUT2D eigenvalue weighted by Crippen LogP contribution is 2.07. The molecule has 0 saturated carbocycles. The largest absolute Gasteiger partial charge is 0.478 e. The predicted octanol–water partition coefficient (Wildman–Crippen LogP) is 1.33. The van der Waals surface area contributed by atoms with Crippen LogP contribution in [0.2, 0.25) is 0 Å². The highest BCUT2D eigenvalue weighted by Gasteiger charge is 2.00. The zero-order chi connectivity index (χ0) is 13.8. The third kappa shape index (κ3) is 3.22. The normalized spacial score (nSPS) is 11.0. The van der Waals surface area contributed by atoms with E-state index in [1.807, 2.05) is 24.3 Å². The maximum atomic E-state index is 11.7. The van der Waals surface area contributed by atoms with Crippen molar-refractivity contribution in [1.82, 2.24) is 9.13 Å². The minimum Gasteiger partial charge on any atom is -0.478 e. The van der Waals surface area contributed by atoms with Crippen LogP contribution in [0.5, 0.6) is 0 Å². The quantitative estimate of drug-likeness (QED) is 0.841. The van der Waals surface area contributed by atoms with Crippen LogP contribution in [0.4, 0.5) is 0 Å². The molecule has 5 nitrogen and oxygen atoms in total. The van der Waals surface area contributed by atoms with E-state index in [9.17, 15) is 9.59 Å². The van der Waals surface area contributed by atoms with Crippen molar-refractivity contribution < 1.29 is 9.90 Å². The molecule has 2 aromatic rings. The van der Waals surface area contributed by atoms with Gasteiger partial charge in [0.15, 0.2) is 0 Å². The molecule has 2 rings (SSSR count). The SMILES string of the molecule is Cn1ccn(Cc2ccc(/C=C/C(=O)O)cc2)c1=O. The van der Waals surface area contributed by atoms with Gasteiger partial charge < -0.3 is 9.67 Å². The first-order valence-corrected chi connectivity index (χ1v) is 5.78. The number of hydrogen-bond donors (Lipinski definition) is 1. The van der Waals surface area contributed by atoms with E-state index < -0.39 is 5.97 Å². The van der Waals surface area contributed by atoms with Crippen LogP contribution in [0.3, 0.4) is 0 Å². The van der Waals surface area contributed by atoms with Gasteiger partial charge in [-0.05, 0) is 17.2 Å². The molecular formula is C14H14N2O3. The molecule has 0 spiro atoms. The van der Waals surface area contributed by atoms with Crippen molar-refractivity contribution in [1.29, 1.82) is 0 Å². The van der Waals surface area contributed by atoms with E-state index in [0.717, 1.165) is 17.2 Å². The van der Waals surface area contributed by atoms with Crippen molar-refractivity contribution in [2.75, 3.05) is 0 Å². The molecule has 0 saturated heterocycles. The molecule has 0 aliphatic rings. The summed E-state index contributed by atoms with van der Waals surface area (Å²) in [6, 6.07) is 7.40. The Balaban J connectivity index is 2.13. The summed E-state index contributed by atoms with van der Waals surface area (Å²) in [7, 11) is 1.71. The summed E-state index contributed by atoms with van der Waals surface area (Å²) in [5, 5.41) is 8.53. The van der Waals surface area contributed by atoms with Gasteiger partial charge in [-0.1, -0.05) is 24.3 Å². The minimum absolute atomic E-state index is 0.0603. The molecule has 0 unspecified atom stereocenters. The molecule has 1 aromatic carbocycles. The first-order valence-electron chi connectivity index (χ1n) is 5.78.